The molecule has 0 radical (unpaired) electrons. The lowest BCUT2D eigenvalue weighted by Crippen LogP contribution is -2.23. The van der Waals surface area contributed by atoms with Crippen molar-refractivity contribution < 1.29 is 26.4 Å². The number of Topliss-reactive ketones (excluding diaryl/α,β-unsaturated/α-hetero) is 1. The fourth-order valence-electron chi connectivity index (χ4n) is 0.739. The van der Waals surface area contributed by atoms with Crippen molar-refractivity contribution in [3.05, 3.63) is 0 Å². The molecular weight excluding hydrogens is 221 g/mol. The number of hydrogen-bond acceptors (Lipinski definition) is 3. The first-order chi connectivity index (χ1) is 6.19. The van der Waals surface area contributed by atoms with E-state index in [1.54, 1.807) is 0 Å². The quantitative estimate of drug-likeness (QED) is 0.718. The molecule has 0 aliphatic heterocycles. The van der Waals surface area contributed by atoms with Gasteiger partial charge in [0.05, 0.1) is 5.75 Å². The topological polar surface area (TPSA) is 51.2 Å². The lowest BCUT2D eigenvalue weighted by Gasteiger charge is -2.04. The minimum absolute atomic E-state index is 0.118. The molecule has 0 atom stereocenters. The number of rotatable bonds is 5. The van der Waals surface area contributed by atoms with Crippen LogP contribution in [0.1, 0.15) is 19.8 Å². The predicted octanol–water partition coefficient (Wildman–Crippen LogP) is 1.33. The van der Waals surface area contributed by atoms with Gasteiger partial charge in [0, 0.05) is 12.2 Å². The maximum absolute atomic E-state index is 11.7. The Morgan fingerprint density at radius 3 is 2.14 bits per heavy atom. The van der Waals surface area contributed by atoms with E-state index in [9.17, 15) is 26.4 Å². The Morgan fingerprint density at radius 1 is 1.29 bits per heavy atom. The second kappa shape index (κ2) is 4.77. The Kier molecular flexibility index (Phi) is 4.57. The van der Waals surface area contributed by atoms with Crippen LogP contribution in [0.25, 0.3) is 0 Å². The maximum Gasteiger partial charge on any atom is 0.449 e. The molecule has 0 spiro atoms. The SMILES string of the molecule is CCS(=O)(=O)CCCC(=O)C(F)(F)F. The third kappa shape index (κ3) is 5.21. The van der Waals surface area contributed by atoms with Crippen molar-refractivity contribution in [2.24, 2.45) is 0 Å². The van der Waals surface area contributed by atoms with Crippen LogP contribution in [0.4, 0.5) is 13.2 Å². The van der Waals surface area contributed by atoms with Gasteiger partial charge in [-0.25, -0.2) is 8.42 Å². The number of sulfone groups is 1. The Bertz CT molecular complexity index is 292. The van der Waals surface area contributed by atoms with Crippen LogP contribution in [-0.2, 0) is 14.6 Å². The van der Waals surface area contributed by atoms with Crippen LogP contribution in [0, 0.1) is 0 Å². The molecule has 0 rings (SSSR count). The van der Waals surface area contributed by atoms with Crippen molar-refractivity contribution in [1.29, 1.82) is 0 Å². The molecule has 0 fully saturated rings. The molecule has 0 unspecified atom stereocenters. The lowest BCUT2D eigenvalue weighted by molar-refractivity contribution is -0.171. The number of alkyl halides is 3. The maximum atomic E-state index is 11.7. The summed E-state index contributed by atoms with van der Waals surface area (Å²) in [6.07, 6.45) is -5.88. The molecule has 0 bridgehead atoms. The summed E-state index contributed by atoms with van der Waals surface area (Å²) in [4.78, 5) is 10.3. The summed E-state index contributed by atoms with van der Waals surface area (Å²) in [6, 6.07) is 0. The molecule has 0 saturated heterocycles. The first kappa shape index (κ1) is 13.4. The van der Waals surface area contributed by atoms with E-state index in [1.165, 1.54) is 6.92 Å². The van der Waals surface area contributed by atoms with E-state index in [4.69, 9.17) is 0 Å². The van der Waals surface area contributed by atoms with Crippen molar-refractivity contribution in [3.8, 4) is 0 Å². The fourth-order valence-corrected chi connectivity index (χ4v) is 1.61. The van der Waals surface area contributed by atoms with Crippen molar-refractivity contribution in [2.75, 3.05) is 11.5 Å². The third-order valence-corrected chi connectivity index (χ3v) is 3.41. The third-order valence-electron chi connectivity index (χ3n) is 1.62. The lowest BCUT2D eigenvalue weighted by atomic mass is 10.2. The highest BCUT2D eigenvalue weighted by Crippen LogP contribution is 2.18. The molecule has 0 aromatic carbocycles. The molecule has 0 aliphatic rings. The van der Waals surface area contributed by atoms with E-state index in [0.29, 0.717) is 0 Å². The van der Waals surface area contributed by atoms with E-state index in [2.05, 4.69) is 0 Å². The summed E-state index contributed by atoms with van der Waals surface area (Å²) < 4.78 is 56.6. The van der Waals surface area contributed by atoms with Gasteiger partial charge < -0.3 is 0 Å². The van der Waals surface area contributed by atoms with Gasteiger partial charge in [0.2, 0.25) is 5.78 Å². The van der Waals surface area contributed by atoms with Crippen molar-refractivity contribution >= 4 is 15.6 Å². The molecule has 0 amide bonds. The van der Waals surface area contributed by atoms with Gasteiger partial charge in [-0.15, -0.1) is 0 Å². The van der Waals surface area contributed by atoms with Crippen LogP contribution in [0.15, 0.2) is 0 Å². The largest absolute Gasteiger partial charge is 0.449 e. The molecule has 14 heavy (non-hydrogen) atoms. The first-order valence-corrected chi connectivity index (χ1v) is 5.81. The summed E-state index contributed by atoms with van der Waals surface area (Å²) >= 11 is 0. The zero-order chi connectivity index (χ0) is 11.4. The highest BCUT2D eigenvalue weighted by Gasteiger charge is 2.37. The predicted molar refractivity (Wildman–Crippen MR) is 44.6 cm³/mol. The highest BCUT2D eigenvalue weighted by molar-refractivity contribution is 7.91. The van der Waals surface area contributed by atoms with Gasteiger partial charge in [0.1, 0.15) is 9.84 Å². The molecule has 0 saturated carbocycles. The standard InChI is InChI=1S/C7H11F3O3S/c1-2-14(12,13)5-3-4-6(11)7(8,9)10/h2-5H2,1H3. The second-order valence-corrected chi connectivity index (χ2v) is 5.23. The van der Waals surface area contributed by atoms with E-state index in [0.717, 1.165) is 0 Å². The average molecular weight is 232 g/mol. The molecule has 84 valence electrons. The number of carbonyl (C=O) groups excluding carboxylic acids is 1. The summed E-state index contributed by atoms with van der Waals surface area (Å²) in [5.74, 6) is -2.36. The Labute approximate surface area is 80.2 Å². The van der Waals surface area contributed by atoms with Gasteiger partial charge in [-0.2, -0.15) is 13.2 Å². The monoisotopic (exact) mass is 232 g/mol. The second-order valence-electron chi connectivity index (χ2n) is 2.76. The summed E-state index contributed by atoms with van der Waals surface area (Å²) in [5, 5.41) is 0. The van der Waals surface area contributed by atoms with Crippen LogP contribution in [0.3, 0.4) is 0 Å². The fraction of sp³-hybridized carbons (Fsp3) is 0.857. The highest BCUT2D eigenvalue weighted by atomic mass is 32.2. The molecule has 7 heteroatoms. The van der Waals surface area contributed by atoms with Gasteiger partial charge >= 0.3 is 6.18 Å². The molecular formula is C7H11F3O3S. The first-order valence-electron chi connectivity index (χ1n) is 3.99. The van der Waals surface area contributed by atoms with E-state index in [-0.39, 0.29) is 17.9 Å². The molecule has 0 aromatic heterocycles. The smallest absolute Gasteiger partial charge is 0.290 e. The van der Waals surface area contributed by atoms with Crippen molar-refractivity contribution in [2.45, 2.75) is 25.9 Å². The van der Waals surface area contributed by atoms with Crippen LogP contribution in [0.5, 0.6) is 0 Å². The Morgan fingerprint density at radius 2 is 1.79 bits per heavy atom. The van der Waals surface area contributed by atoms with Gasteiger partial charge in [-0.3, -0.25) is 4.79 Å². The number of hydrogen-bond donors (Lipinski definition) is 0. The number of ketones is 1. The van der Waals surface area contributed by atoms with Crippen LogP contribution >= 0.6 is 0 Å². The van der Waals surface area contributed by atoms with Crippen LogP contribution < -0.4 is 0 Å². The van der Waals surface area contributed by atoms with Gasteiger partial charge in [0.15, 0.2) is 0 Å². The summed E-state index contributed by atoms with van der Waals surface area (Å²) in [7, 11) is -3.28. The zero-order valence-corrected chi connectivity index (χ0v) is 8.41. The van der Waals surface area contributed by atoms with Crippen molar-refractivity contribution in [1.82, 2.24) is 0 Å². The van der Waals surface area contributed by atoms with Gasteiger partial charge in [0.25, 0.3) is 0 Å². The Hall–Kier alpha value is -0.590. The number of halogens is 3. The minimum Gasteiger partial charge on any atom is -0.290 e. The molecule has 3 nitrogen and oxygen atoms in total. The molecule has 0 aliphatic carbocycles. The molecule has 0 aromatic rings. The van der Waals surface area contributed by atoms with Crippen LogP contribution in [0.2, 0.25) is 0 Å². The summed E-state index contributed by atoms with van der Waals surface area (Å²) in [6.45, 7) is 1.40. The van der Waals surface area contributed by atoms with Crippen LogP contribution in [-0.4, -0.2) is 31.9 Å². The molecule has 0 N–H and O–H groups in total. The van der Waals surface area contributed by atoms with Gasteiger partial charge in [-0.05, 0) is 6.42 Å². The van der Waals surface area contributed by atoms with E-state index >= 15 is 0 Å². The van der Waals surface area contributed by atoms with E-state index in [1.807, 2.05) is 0 Å². The zero-order valence-electron chi connectivity index (χ0n) is 7.60. The number of carbonyl (C=O) groups is 1. The van der Waals surface area contributed by atoms with Gasteiger partial charge in [-0.1, -0.05) is 6.92 Å². The van der Waals surface area contributed by atoms with Crippen molar-refractivity contribution in [3.63, 3.8) is 0 Å². The summed E-state index contributed by atoms with van der Waals surface area (Å²) in [5.41, 5.74) is 0. The van der Waals surface area contributed by atoms with E-state index < -0.39 is 28.2 Å². The average Bonchev–Trinajstić information content (AvgIpc) is 2.02. The molecule has 0 heterocycles. The normalized spacial score (nSPS) is 12.9. The Balaban J connectivity index is 3.94. The minimum atomic E-state index is -4.85.